The van der Waals surface area contributed by atoms with Crippen molar-refractivity contribution >= 4 is 0 Å². The quantitative estimate of drug-likeness (QED) is 0.270. The lowest BCUT2D eigenvalue weighted by Crippen LogP contribution is -2.16. The lowest BCUT2D eigenvalue weighted by Gasteiger charge is -2.30. The molecule has 178 valence electrons. The first kappa shape index (κ1) is 24.5. The number of allylic oxidation sites excluding steroid dienone is 2. The summed E-state index contributed by atoms with van der Waals surface area (Å²) in [5, 5.41) is 0. The molecule has 0 amide bonds. The molecular weight excluding hydrogens is 408 g/mol. The number of hydrogen-bond donors (Lipinski definition) is 0. The predicted octanol–water partition coefficient (Wildman–Crippen LogP) is 9.80. The fourth-order valence-electron chi connectivity index (χ4n) is 5.69. The van der Waals surface area contributed by atoms with Crippen LogP contribution in [0.3, 0.4) is 0 Å². The normalized spacial score (nSPS) is 19.4. The van der Waals surface area contributed by atoms with Crippen molar-refractivity contribution in [3.63, 3.8) is 0 Å². The summed E-state index contributed by atoms with van der Waals surface area (Å²) in [4.78, 5) is 0. The number of aryl methyl sites for hydroxylation is 2. The van der Waals surface area contributed by atoms with Crippen LogP contribution >= 0.6 is 0 Å². The molecule has 0 spiro atoms. The average molecular weight is 451 g/mol. The lowest BCUT2D eigenvalue weighted by atomic mass is 9.75. The van der Waals surface area contributed by atoms with E-state index in [1.165, 1.54) is 72.8 Å². The molecule has 3 aromatic rings. The zero-order chi connectivity index (χ0) is 23.6. The standard InChI is InChI=1S/C34H42/c1-3-4-6-9-28-18-22-33(23-19-28)34-24-20-30(21-25-34)13-12-29-14-16-31(17-15-29)26-27(2)32-10-7-5-8-11-32/h3-5,7-8,10-11,18-25,27,29,31H,6,9,12-17,26H2,1-2H3/t27-,29?,31?/m0/s1. The van der Waals surface area contributed by atoms with Crippen LogP contribution in [0.4, 0.5) is 0 Å². The van der Waals surface area contributed by atoms with Crippen LogP contribution in [0.2, 0.25) is 0 Å². The lowest BCUT2D eigenvalue weighted by molar-refractivity contribution is 0.245. The third kappa shape index (κ3) is 7.20. The van der Waals surface area contributed by atoms with E-state index >= 15 is 0 Å². The minimum atomic E-state index is 0.690. The van der Waals surface area contributed by atoms with E-state index in [9.17, 15) is 0 Å². The second kappa shape index (κ2) is 12.7. The minimum absolute atomic E-state index is 0.690. The molecule has 0 bridgehead atoms. The Labute approximate surface area is 208 Å². The van der Waals surface area contributed by atoms with Crippen LogP contribution in [0.25, 0.3) is 11.1 Å². The molecule has 3 aromatic carbocycles. The highest BCUT2D eigenvalue weighted by atomic mass is 14.3. The zero-order valence-corrected chi connectivity index (χ0v) is 21.3. The summed E-state index contributed by atoms with van der Waals surface area (Å²) in [6.45, 7) is 4.50. The van der Waals surface area contributed by atoms with Gasteiger partial charge in [-0.15, -0.1) is 0 Å². The summed E-state index contributed by atoms with van der Waals surface area (Å²) in [5.41, 5.74) is 7.07. The van der Waals surface area contributed by atoms with Gasteiger partial charge in [0.05, 0.1) is 0 Å². The van der Waals surface area contributed by atoms with E-state index in [1.54, 1.807) is 0 Å². The van der Waals surface area contributed by atoms with Gasteiger partial charge in [0, 0.05) is 0 Å². The zero-order valence-electron chi connectivity index (χ0n) is 21.3. The monoisotopic (exact) mass is 450 g/mol. The van der Waals surface area contributed by atoms with Gasteiger partial charge in [-0.25, -0.2) is 0 Å². The van der Waals surface area contributed by atoms with Crippen LogP contribution in [0.5, 0.6) is 0 Å². The van der Waals surface area contributed by atoms with Gasteiger partial charge in [-0.1, -0.05) is 124 Å². The molecule has 4 rings (SSSR count). The average Bonchev–Trinajstić information content (AvgIpc) is 2.90. The Morgan fingerprint density at radius 1 is 0.706 bits per heavy atom. The van der Waals surface area contributed by atoms with Crippen LogP contribution in [0.1, 0.15) is 81.4 Å². The maximum atomic E-state index is 2.41. The van der Waals surface area contributed by atoms with E-state index in [2.05, 4.69) is 105 Å². The van der Waals surface area contributed by atoms with E-state index in [4.69, 9.17) is 0 Å². The molecule has 0 heterocycles. The van der Waals surface area contributed by atoms with E-state index in [1.807, 2.05) is 0 Å². The highest BCUT2D eigenvalue weighted by molar-refractivity contribution is 5.64. The maximum absolute atomic E-state index is 2.41. The first-order valence-corrected chi connectivity index (χ1v) is 13.6. The van der Waals surface area contributed by atoms with Gasteiger partial charge in [-0.3, -0.25) is 0 Å². The first-order valence-electron chi connectivity index (χ1n) is 13.6. The van der Waals surface area contributed by atoms with Crippen LogP contribution in [0.15, 0.2) is 91.0 Å². The molecule has 0 saturated heterocycles. The van der Waals surface area contributed by atoms with Crippen molar-refractivity contribution in [3.8, 4) is 11.1 Å². The van der Waals surface area contributed by atoms with Crippen LogP contribution in [0, 0.1) is 11.8 Å². The summed E-state index contributed by atoms with van der Waals surface area (Å²) in [6.07, 6.45) is 16.2. The van der Waals surface area contributed by atoms with E-state index in [0.717, 1.165) is 24.7 Å². The molecule has 0 unspecified atom stereocenters. The Bertz CT molecular complexity index is 986. The summed E-state index contributed by atoms with van der Waals surface area (Å²) < 4.78 is 0. The van der Waals surface area contributed by atoms with E-state index < -0.39 is 0 Å². The number of benzene rings is 3. The number of hydrogen-bond acceptors (Lipinski definition) is 0. The van der Waals surface area contributed by atoms with Gasteiger partial charge in [0.1, 0.15) is 0 Å². The third-order valence-electron chi connectivity index (χ3n) is 7.94. The van der Waals surface area contributed by atoms with Crippen LogP contribution in [-0.2, 0) is 12.8 Å². The Morgan fingerprint density at radius 2 is 1.26 bits per heavy atom. The fourth-order valence-corrected chi connectivity index (χ4v) is 5.69. The van der Waals surface area contributed by atoms with Crippen molar-refractivity contribution in [2.24, 2.45) is 11.8 Å². The largest absolute Gasteiger partial charge is 0.0917 e. The topological polar surface area (TPSA) is 0 Å². The summed E-state index contributed by atoms with van der Waals surface area (Å²) in [6, 6.07) is 29.5. The molecule has 0 aromatic heterocycles. The van der Waals surface area contributed by atoms with Gasteiger partial charge < -0.3 is 0 Å². The highest BCUT2D eigenvalue weighted by Crippen LogP contribution is 2.37. The first-order chi connectivity index (χ1) is 16.7. The van der Waals surface area contributed by atoms with Crippen LogP contribution < -0.4 is 0 Å². The molecular formula is C34H42. The summed E-state index contributed by atoms with van der Waals surface area (Å²) >= 11 is 0. The molecule has 1 fully saturated rings. The van der Waals surface area contributed by atoms with Gasteiger partial charge in [-0.05, 0) is 84.6 Å². The molecule has 1 atom stereocenters. The van der Waals surface area contributed by atoms with Gasteiger partial charge in [0.2, 0.25) is 0 Å². The van der Waals surface area contributed by atoms with Crippen molar-refractivity contribution in [1.29, 1.82) is 0 Å². The molecule has 0 aliphatic heterocycles. The van der Waals surface area contributed by atoms with Crippen molar-refractivity contribution < 1.29 is 0 Å². The molecule has 1 aliphatic rings. The molecule has 0 N–H and O–H groups in total. The van der Waals surface area contributed by atoms with E-state index in [0.29, 0.717) is 5.92 Å². The smallest absolute Gasteiger partial charge is 0.0184 e. The maximum Gasteiger partial charge on any atom is -0.0184 e. The number of rotatable bonds is 10. The van der Waals surface area contributed by atoms with Crippen LogP contribution in [-0.4, -0.2) is 0 Å². The van der Waals surface area contributed by atoms with E-state index in [-0.39, 0.29) is 0 Å². The van der Waals surface area contributed by atoms with Gasteiger partial charge in [0.15, 0.2) is 0 Å². The summed E-state index contributed by atoms with van der Waals surface area (Å²) in [7, 11) is 0. The molecule has 0 nitrogen and oxygen atoms in total. The Morgan fingerprint density at radius 3 is 1.85 bits per heavy atom. The Hall–Kier alpha value is -2.60. The molecule has 1 aliphatic carbocycles. The molecule has 1 saturated carbocycles. The van der Waals surface area contributed by atoms with Crippen molar-refractivity contribution in [2.75, 3.05) is 0 Å². The second-order valence-corrected chi connectivity index (χ2v) is 10.5. The molecule has 0 heteroatoms. The SMILES string of the molecule is CC=CCCc1ccc(-c2ccc(CCC3CCC(C[C@H](C)c4ccccc4)CC3)cc2)cc1. The van der Waals surface area contributed by atoms with Gasteiger partial charge in [0.25, 0.3) is 0 Å². The Balaban J connectivity index is 1.20. The Kier molecular flexibility index (Phi) is 9.19. The van der Waals surface area contributed by atoms with Gasteiger partial charge in [-0.2, -0.15) is 0 Å². The summed E-state index contributed by atoms with van der Waals surface area (Å²) in [5.74, 6) is 2.52. The third-order valence-corrected chi connectivity index (χ3v) is 7.94. The minimum Gasteiger partial charge on any atom is -0.0917 e. The van der Waals surface area contributed by atoms with Crippen molar-refractivity contribution in [2.45, 2.75) is 77.6 Å². The molecule has 0 radical (unpaired) electrons. The van der Waals surface area contributed by atoms with Crippen molar-refractivity contribution in [1.82, 2.24) is 0 Å². The highest BCUT2D eigenvalue weighted by Gasteiger charge is 2.23. The second-order valence-electron chi connectivity index (χ2n) is 10.5. The van der Waals surface area contributed by atoms with Crippen molar-refractivity contribution in [3.05, 3.63) is 108 Å². The predicted molar refractivity (Wildman–Crippen MR) is 148 cm³/mol. The molecule has 34 heavy (non-hydrogen) atoms. The van der Waals surface area contributed by atoms with Gasteiger partial charge >= 0.3 is 0 Å². The fraction of sp³-hybridized carbons (Fsp3) is 0.412.